The molecule has 0 fully saturated rings. The first-order valence-electron chi connectivity index (χ1n) is 6.56. The summed E-state index contributed by atoms with van der Waals surface area (Å²) < 4.78 is 12.4. The fraction of sp³-hybridized carbons (Fsp3) is 0.357. The van der Waals surface area contributed by atoms with Gasteiger partial charge in [0.1, 0.15) is 6.33 Å². The summed E-state index contributed by atoms with van der Waals surface area (Å²) in [7, 11) is 3.19. The summed E-state index contributed by atoms with van der Waals surface area (Å²) in [4.78, 5) is 15.9. The SMILES string of the molecule is COc1cc(C)c([C@@H]2CC(=O)Nc3ncnn32)cc1OC. The fourth-order valence-corrected chi connectivity index (χ4v) is 2.60. The number of amides is 1. The van der Waals surface area contributed by atoms with Gasteiger partial charge in [0.15, 0.2) is 11.5 Å². The molecule has 1 atom stereocenters. The molecule has 2 aromatic rings. The van der Waals surface area contributed by atoms with Crippen LogP contribution in [0.5, 0.6) is 11.5 Å². The van der Waals surface area contributed by atoms with Crippen LogP contribution in [0.15, 0.2) is 18.5 Å². The summed E-state index contributed by atoms with van der Waals surface area (Å²) in [5.74, 6) is 1.68. The average molecular weight is 288 g/mol. The van der Waals surface area contributed by atoms with Gasteiger partial charge in [-0.3, -0.25) is 10.1 Å². The number of fused-ring (bicyclic) bond motifs is 1. The van der Waals surface area contributed by atoms with E-state index >= 15 is 0 Å². The van der Waals surface area contributed by atoms with Crippen LogP contribution in [0, 0.1) is 6.92 Å². The van der Waals surface area contributed by atoms with Crippen LogP contribution in [0.25, 0.3) is 0 Å². The Balaban J connectivity index is 2.11. The lowest BCUT2D eigenvalue weighted by molar-refractivity contribution is -0.117. The molecule has 110 valence electrons. The van der Waals surface area contributed by atoms with Crippen LogP contribution in [0.4, 0.5) is 5.95 Å². The molecule has 0 saturated heterocycles. The maximum absolute atomic E-state index is 11.8. The number of carbonyl (C=O) groups excluding carboxylic acids is 1. The maximum atomic E-state index is 11.8. The Hall–Kier alpha value is -2.57. The summed E-state index contributed by atoms with van der Waals surface area (Å²) >= 11 is 0. The van der Waals surface area contributed by atoms with Gasteiger partial charge in [-0.1, -0.05) is 0 Å². The molecule has 1 aromatic heterocycles. The summed E-state index contributed by atoms with van der Waals surface area (Å²) in [5, 5.41) is 6.91. The van der Waals surface area contributed by atoms with E-state index in [9.17, 15) is 4.79 Å². The highest BCUT2D eigenvalue weighted by atomic mass is 16.5. The topological polar surface area (TPSA) is 78.3 Å². The number of ether oxygens (including phenoxy) is 2. The Labute approximate surface area is 121 Å². The average Bonchev–Trinajstić information content (AvgIpc) is 2.94. The van der Waals surface area contributed by atoms with E-state index in [2.05, 4.69) is 15.4 Å². The van der Waals surface area contributed by atoms with Gasteiger partial charge in [-0.15, -0.1) is 0 Å². The zero-order chi connectivity index (χ0) is 15.0. The first-order valence-corrected chi connectivity index (χ1v) is 6.56. The molecule has 7 nitrogen and oxygen atoms in total. The first-order chi connectivity index (χ1) is 10.1. The molecule has 1 aromatic carbocycles. The summed E-state index contributed by atoms with van der Waals surface area (Å²) in [5.41, 5.74) is 1.98. The Morgan fingerprint density at radius 3 is 2.71 bits per heavy atom. The van der Waals surface area contributed by atoms with E-state index in [4.69, 9.17) is 9.47 Å². The van der Waals surface area contributed by atoms with Gasteiger partial charge in [-0.05, 0) is 30.2 Å². The van der Waals surface area contributed by atoms with Crippen LogP contribution in [0.3, 0.4) is 0 Å². The van der Waals surface area contributed by atoms with Gasteiger partial charge in [-0.2, -0.15) is 10.1 Å². The number of anilines is 1. The van der Waals surface area contributed by atoms with Crippen LogP contribution in [0.1, 0.15) is 23.6 Å². The molecule has 7 heteroatoms. The third kappa shape index (κ3) is 2.20. The second-order valence-corrected chi connectivity index (χ2v) is 4.86. The fourth-order valence-electron chi connectivity index (χ4n) is 2.60. The molecule has 0 spiro atoms. The number of hydrogen-bond acceptors (Lipinski definition) is 5. The van der Waals surface area contributed by atoms with Gasteiger partial charge in [0.25, 0.3) is 0 Å². The number of hydrogen-bond donors (Lipinski definition) is 1. The number of nitrogens with one attached hydrogen (secondary N) is 1. The van der Waals surface area contributed by atoms with Crippen molar-refractivity contribution in [3.8, 4) is 11.5 Å². The van der Waals surface area contributed by atoms with E-state index in [1.165, 1.54) is 6.33 Å². The van der Waals surface area contributed by atoms with Crippen LogP contribution in [-0.4, -0.2) is 34.9 Å². The third-order valence-corrected chi connectivity index (χ3v) is 3.63. The van der Waals surface area contributed by atoms with Gasteiger partial charge < -0.3 is 9.47 Å². The van der Waals surface area contributed by atoms with Crippen LogP contribution >= 0.6 is 0 Å². The zero-order valence-corrected chi connectivity index (χ0v) is 12.1. The van der Waals surface area contributed by atoms with Crippen molar-refractivity contribution in [3.05, 3.63) is 29.6 Å². The van der Waals surface area contributed by atoms with Gasteiger partial charge in [0, 0.05) is 0 Å². The van der Waals surface area contributed by atoms with E-state index < -0.39 is 0 Å². The zero-order valence-electron chi connectivity index (χ0n) is 12.1. The molecule has 0 aliphatic carbocycles. The minimum atomic E-state index is -0.198. The molecule has 1 aliphatic heterocycles. The number of aryl methyl sites for hydroxylation is 1. The molecule has 0 radical (unpaired) electrons. The maximum Gasteiger partial charge on any atom is 0.229 e. The molecule has 21 heavy (non-hydrogen) atoms. The van der Waals surface area contributed by atoms with Crippen molar-refractivity contribution in [2.75, 3.05) is 19.5 Å². The van der Waals surface area contributed by atoms with E-state index in [0.29, 0.717) is 23.9 Å². The third-order valence-electron chi connectivity index (χ3n) is 3.63. The Morgan fingerprint density at radius 2 is 2.00 bits per heavy atom. The highest BCUT2D eigenvalue weighted by Crippen LogP contribution is 2.37. The Morgan fingerprint density at radius 1 is 1.29 bits per heavy atom. The second-order valence-electron chi connectivity index (χ2n) is 4.86. The molecule has 1 aliphatic rings. The number of aromatic nitrogens is 3. The highest BCUT2D eigenvalue weighted by molar-refractivity contribution is 5.91. The van der Waals surface area contributed by atoms with Crippen molar-refractivity contribution in [1.29, 1.82) is 0 Å². The number of rotatable bonds is 3. The Kier molecular flexibility index (Phi) is 3.25. The van der Waals surface area contributed by atoms with E-state index in [1.54, 1.807) is 18.9 Å². The molecule has 0 unspecified atom stereocenters. The van der Waals surface area contributed by atoms with E-state index in [-0.39, 0.29) is 11.9 Å². The van der Waals surface area contributed by atoms with Crippen molar-refractivity contribution >= 4 is 11.9 Å². The monoisotopic (exact) mass is 288 g/mol. The molecule has 0 bridgehead atoms. The molecule has 0 saturated carbocycles. The molecule has 1 N–H and O–H groups in total. The lowest BCUT2D eigenvalue weighted by Gasteiger charge is -2.25. The van der Waals surface area contributed by atoms with Gasteiger partial charge in [0.2, 0.25) is 11.9 Å². The lowest BCUT2D eigenvalue weighted by atomic mass is 9.97. The molecule has 2 heterocycles. The summed E-state index contributed by atoms with van der Waals surface area (Å²) in [6.45, 7) is 1.97. The molecular formula is C14H16N4O3. The molecule has 3 rings (SSSR count). The van der Waals surface area contributed by atoms with E-state index in [0.717, 1.165) is 11.1 Å². The van der Waals surface area contributed by atoms with Crippen LogP contribution in [-0.2, 0) is 4.79 Å². The smallest absolute Gasteiger partial charge is 0.229 e. The van der Waals surface area contributed by atoms with Crippen molar-refractivity contribution < 1.29 is 14.3 Å². The van der Waals surface area contributed by atoms with Crippen LogP contribution < -0.4 is 14.8 Å². The highest BCUT2D eigenvalue weighted by Gasteiger charge is 2.29. The van der Waals surface area contributed by atoms with Crippen LogP contribution in [0.2, 0.25) is 0 Å². The van der Waals surface area contributed by atoms with E-state index in [1.807, 2.05) is 19.1 Å². The number of benzene rings is 1. The number of methoxy groups -OCH3 is 2. The quantitative estimate of drug-likeness (QED) is 0.926. The van der Waals surface area contributed by atoms with Crippen molar-refractivity contribution in [3.63, 3.8) is 0 Å². The van der Waals surface area contributed by atoms with Crippen molar-refractivity contribution in [2.24, 2.45) is 0 Å². The molecular weight excluding hydrogens is 272 g/mol. The predicted molar refractivity (Wildman–Crippen MR) is 75.7 cm³/mol. The number of nitrogens with zero attached hydrogens (tertiary/aromatic N) is 3. The summed E-state index contributed by atoms with van der Waals surface area (Å²) in [6.07, 6.45) is 1.75. The van der Waals surface area contributed by atoms with Gasteiger partial charge in [0.05, 0.1) is 26.7 Å². The van der Waals surface area contributed by atoms with Crippen molar-refractivity contribution in [1.82, 2.24) is 14.8 Å². The second kappa shape index (κ2) is 5.08. The normalized spacial score (nSPS) is 17.1. The standard InChI is InChI=1S/C14H16N4O3/c1-8-4-11(20-2)12(21-3)5-9(8)10-6-13(19)17-14-15-7-16-18(10)14/h4-5,7,10H,6H2,1-3H3,(H,15,16,17,19)/t10-/m0/s1. The summed E-state index contributed by atoms with van der Waals surface area (Å²) in [6, 6.07) is 3.59. The van der Waals surface area contributed by atoms with Gasteiger partial charge >= 0.3 is 0 Å². The minimum absolute atomic E-state index is 0.0744. The first kappa shape index (κ1) is 13.4. The van der Waals surface area contributed by atoms with Gasteiger partial charge in [-0.25, -0.2) is 4.68 Å². The number of carbonyl (C=O) groups is 1. The largest absolute Gasteiger partial charge is 0.493 e. The van der Waals surface area contributed by atoms with Crippen molar-refractivity contribution in [2.45, 2.75) is 19.4 Å². The molecule has 1 amide bonds. The minimum Gasteiger partial charge on any atom is -0.493 e. The predicted octanol–water partition coefficient (Wildman–Crippen LogP) is 1.54. The lowest BCUT2D eigenvalue weighted by Crippen LogP contribution is -2.29. The Bertz CT molecular complexity index is 696.